The summed E-state index contributed by atoms with van der Waals surface area (Å²) in [5.74, 6) is 0.643. The van der Waals surface area contributed by atoms with Crippen molar-refractivity contribution in [3.8, 4) is 5.75 Å². The van der Waals surface area contributed by atoms with Gasteiger partial charge in [-0.2, -0.15) is 4.99 Å². The standard InChI is InChI=1S/C18H19NO2/c20-15-19-17-12-6-7-13-18(17)21-14-8-2-5-11-16-9-3-1-4-10-16/h1,3-4,6-7,9-10,12-13H,2,5,8,11,14H2. The molecule has 2 aromatic carbocycles. The second-order valence-electron chi connectivity index (χ2n) is 4.82. The van der Waals surface area contributed by atoms with E-state index in [0.717, 1.165) is 25.7 Å². The molecular formula is C18H19NO2. The molecule has 0 amide bonds. The number of aliphatic imine (C=N–C) groups is 1. The molecule has 0 spiro atoms. The number of hydrogen-bond acceptors (Lipinski definition) is 3. The lowest BCUT2D eigenvalue weighted by Crippen LogP contribution is -1.98. The van der Waals surface area contributed by atoms with Gasteiger partial charge in [0.1, 0.15) is 11.4 Å². The van der Waals surface area contributed by atoms with Crippen LogP contribution in [0.1, 0.15) is 24.8 Å². The third-order valence-corrected chi connectivity index (χ3v) is 3.24. The Morgan fingerprint density at radius 1 is 0.905 bits per heavy atom. The number of hydrogen-bond donors (Lipinski definition) is 0. The molecule has 0 aliphatic rings. The van der Waals surface area contributed by atoms with Crippen LogP contribution in [-0.2, 0) is 11.2 Å². The molecule has 0 unspecified atom stereocenters. The van der Waals surface area contributed by atoms with E-state index in [2.05, 4.69) is 29.3 Å². The van der Waals surface area contributed by atoms with Gasteiger partial charge in [0.15, 0.2) is 0 Å². The third-order valence-electron chi connectivity index (χ3n) is 3.24. The summed E-state index contributed by atoms with van der Waals surface area (Å²) in [5, 5.41) is 0. The van der Waals surface area contributed by atoms with E-state index in [0.29, 0.717) is 18.0 Å². The predicted octanol–water partition coefficient (Wildman–Crippen LogP) is 4.45. The van der Waals surface area contributed by atoms with Crippen molar-refractivity contribution in [1.82, 2.24) is 0 Å². The normalized spacial score (nSPS) is 9.90. The van der Waals surface area contributed by atoms with Gasteiger partial charge in [-0.15, -0.1) is 0 Å². The maximum atomic E-state index is 10.3. The van der Waals surface area contributed by atoms with Gasteiger partial charge in [-0.05, 0) is 43.4 Å². The average molecular weight is 281 g/mol. The molecule has 0 saturated heterocycles. The van der Waals surface area contributed by atoms with E-state index >= 15 is 0 Å². The highest BCUT2D eigenvalue weighted by Crippen LogP contribution is 2.26. The number of aryl methyl sites for hydroxylation is 1. The van der Waals surface area contributed by atoms with Gasteiger partial charge in [-0.1, -0.05) is 42.5 Å². The van der Waals surface area contributed by atoms with Crippen molar-refractivity contribution in [2.24, 2.45) is 4.99 Å². The van der Waals surface area contributed by atoms with Crippen molar-refractivity contribution in [2.75, 3.05) is 6.61 Å². The SMILES string of the molecule is O=C=Nc1ccccc1OCCCCCc1ccccc1. The fourth-order valence-corrected chi connectivity index (χ4v) is 2.16. The zero-order valence-electron chi connectivity index (χ0n) is 12.0. The Bertz CT molecular complexity index is 589. The van der Waals surface area contributed by atoms with Gasteiger partial charge in [0.2, 0.25) is 6.08 Å². The average Bonchev–Trinajstić information content (AvgIpc) is 2.53. The number of rotatable bonds is 8. The number of para-hydroxylation sites is 2. The van der Waals surface area contributed by atoms with Crippen LogP contribution in [0.3, 0.4) is 0 Å². The minimum Gasteiger partial charge on any atom is -0.491 e. The van der Waals surface area contributed by atoms with E-state index in [-0.39, 0.29) is 0 Å². The molecule has 0 N–H and O–H groups in total. The van der Waals surface area contributed by atoms with Crippen LogP contribution in [0.5, 0.6) is 5.75 Å². The lowest BCUT2D eigenvalue weighted by Gasteiger charge is -2.07. The largest absolute Gasteiger partial charge is 0.491 e. The lowest BCUT2D eigenvalue weighted by atomic mass is 10.1. The van der Waals surface area contributed by atoms with Crippen LogP contribution in [0.25, 0.3) is 0 Å². The minimum absolute atomic E-state index is 0.539. The summed E-state index contributed by atoms with van der Waals surface area (Å²) in [6.45, 7) is 0.639. The molecular weight excluding hydrogens is 262 g/mol. The molecule has 0 saturated carbocycles. The first-order chi connectivity index (χ1) is 10.4. The number of isocyanates is 1. The van der Waals surface area contributed by atoms with Gasteiger partial charge in [0, 0.05) is 0 Å². The molecule has 0 fully saturated rings. The van der Waals surface area contributed by atoms with Crippen LogP contribution >= 0.6 is 0 Å². The summed E-state index contributed by atoms with van der Waals surface area (Å²) in [4.78, 5) is 14.0. The lowest BCUT2D eigenvalue weighted by molar-refractivity contribution is 0.306. The van der Waals surface area contributed by atoms with E-state index in [4.69, 9.17) is 4.74 Å². The maximum absolute atomic E-state index is 10.3. The second-order valence-corrected chi connectivity index (χ2v) is 4.82. The van der Waals surface area contributed by atoms with Gasteiger partial charge < -0.3 is 4.74 Å². The highest BCUT2D eigenvalue weighted by molar-refractivity contribution is 5.57. The van der Waals surface area contributed by atoms with Crippen molar-refractivity contribution >= 4 is 11.8 Å². The summed E-state index contributed by atoms with van der Waals surface area (Å²) in [5.41, 5.74) is 1.92. The number of unbranched alkanes of at least 4 members (excludes halogenated alkanes) is 2. The number of carbonyl (C=O) groups excluding carboxylic acids is 1. The highest BCUT2D eigenvalue weighted by atomic mass is 16.5. The van der Waals surface area contributed by atoms with Gasteiger partial charge in [0.25, 0.3) is 0 Å². The van der Waals surface area contributed by atoms with Crippen LogP contribution in [0.4, 0.5) is 5.69 Å². The summed E-state index contributed by atoms with van der Waals surface area (Å²) in [7, 11) is 0. The Hall–Kier alpha value is -2.38. The Labute approximate surface area is 125 Å². The van der Waals surface area contributed by atoms with Crippen LogP contribution in [0.2, 0.25) is 0 Å². The molecule has 3 heteroatoms. The molecule has 0 aromatic heterocycles. The van der Waals surface area contributed by atoms with Crippen molar-refractivity contribution < 1.29 is 9.53 Å². The third kappa shape index (κ3) is 5.25. The molecule has 3 nitrogen and oxygen atoms in total. The fourth-order valence-electron chi connectivity index (χ4n) is 2.16. The van der Waals surface area contributed by atoms with Crippen LogP contribution in [-0.4, -0.2) is 12.7 Å². The Morgan fingerprint density at radius 2 is 1.67 bits per heavy atom. The van der Waals surface area contributed by atoms with Crippen molar-refractivity contribution in [3.05, 3.63) is 60.2 Å². The maximum Gasteiger partial charge on any atom is 0.240 e. The van der Waals surface area contributed by atoms with Crippen LogP contribution in [0.15, 0.2) is 59.6 Å². The molecule has 21 heavy (non-hydrogen) atoms. The first-order valence-corrected chi connectivity index (χ1v) is 7.24. The Morgan fingerprint density at radius 3 is 2.48 bits per heavy atom. The number of ether oxygens (including phenoxy) is 1. The monoisotopic (exact) mass is 281 g/mol. The zero-order chi connectivity index (χ0) is 14.8. The van der Waals surface area contributed by atoms with Gasteiger partial charge in [-0.25, -0.2) is 4.79 Å². The highest BCUT2D eigenvalue weighted by Gasteiger charge is 2.01. The molecule has 0 radical (unpaired) electrons. The summed E-state index contributed by atoms with van der Waals surface area (Å²) < 4.78 is 5.67. The van der Waals surface area contributed by atoms with Crippen molar-refractivity contribution in [2.45, 2.75) is 25.7 Å². The van der Waals surface area contributed by atoms with Crippen LogP contribution in [0, 0.1) is 0 Å². The molecule has 0 aliphatic heterocycles. The Balaban J connectivity index is 1.67. The topological polar surface area (TPSA) is 38.7 Å². The second kappa shape index (κ2) is 8.72. The predicted molar refractivity (Wildman–Crippen MR) is 83.7 cm³/mol. The van der Waals surface area contributed by atoms with Crippen molar-refractivity contribution in [1.29, 1.82) is 0 Å². The first-order valence-electron chi connectivity index (χ1n) is 7.24. The molecule has 108 valence electrons. The van der Waals surface area contributed by atoms with E-state index in [9.17, 15) is 4.79 Å². The quantitative estimate of drug-likeness (QED) is 0.407. The minimum atomic E-state index is 0.539. The van der Waals surface area contributed by atoms with E-state index in [1.807, 2.05) is 24.3 Å². The van der Waals surface area contributed by atoms with Gasteiger partial charge in [-0.3, -0.25) is 0 Å². The molecule has 0 bridgehead atoms. The zero-order valence-corrected chi connectivity index (χ0v) is 12.0. The van der Waals surface area contributed by atoms with Crippen molar-refractivity contribution in [3.63, 3.8) is 0 Å². The number of nitrogens with zero attached hydrogens (tertiary/aromatic N) is 1. The molecule has 2 aromatic rings. The summed E-state index contributed by atoms with van der Waals surface area (Å²) in [6.07, 6.45) is 5.92. The summed E-state index contributed by atoms with van der Waals surface area (Å²) in [6, 6.07) is 17.8. The van der Waals surface area contributed by atoms with Gasteiger partial charge in [0.05, 0.1) is 6.61 Å². The van der Waals surface area contributed by atoms with Gasteiger partial charge >= 0.3 is 0 Å². The first kappa shape index (κ1) is 15.0. The smallest absolute Gasteiger partial charge is 0.240 e. The Kier molecular flexibility index (Phi) is 6.24. The van der Waals surface area contributed by atoms with E-state index in [1.165, 1.54) is 5.56 Å². The van der Waals surface area contributed by atoms with Crippen LogP contribution < -0.4 is 4.74 Å². The fraction of sp³-hybridized carbons (Fsp3) is 0.278. The van der Waals surface area contributed by atoms with E-state index in [1.54, 1.807) is 12.1 Å². The molecule has 2 rings (SSSR count). The molecule has 0 heterocycles. The molecule has 0 aliphatic carbocycles. The van der Waals surface area contributed by atoms with E-state index < -0.39 is 0 Å². The molecule has 0 atom stereocenters. The summed E-state index contributed by atoms with van der Waals surface area (Å²) >= 11 is 0. The number of benzene rings is 2.